The number of aryl methyl sites for hydroxylation is 2. The summed E-state index contributed by atoms with van der Waals surface area (Å²) in [5.74, 6) is 0. The highest BCUT2D eigenvalue weighted by molar-refractivity contribution is 6.11. The van der Waals surface area contributed by atoms with Gasteiger partial charge in [-0.1, -0.05) is 109 Å². The molecule has 52 heavy (non-hydrogen) atoms. The lowest BCUT2D eigenvalue weighted by Crippen LogP contribution is -1.92. The number of nitrogens with zero attached hydrogens (tertiary/aromatic N) is 1. The van der Waals surface area contributed by atoms with Gasteiger partial charge < -0.3 is 8.98 Å². The third-order valence-electron chi connectivity index (χ3n) is 10.7. The average molecular weight is 666 g/mol. The molecule has 0 saturated heterocycles. The molecular formula is C50H35NO. The van der Waals surface area contributed by atoms with Crippen LogP contribution in [0.25, 0.3) is 93.9 Å². The summed E-state index contributed by atoms with van der Waals surface area (Å²) in [7, 11) is 0. The van der Waals surface area contributed by atoms with E-state index in [1.807, 2.05) is 0 Å². The second-order valence-electron chi connectivity index (χ2n) is 13.9. The van der Waals surface area contributed by atoms with Crippen molar-refractivity contribution in [1.82, 2.24) is 4.57 Å². The second kappa shape index (κ2) is 12.0. The molecule has 0 saturated carbocycles. The molecule has 2 aromatic heterocycles. The molecule has 0 amide bonds. The zero-order chi connectivity index (χ0) is 34.8. The summed E-state index contributed by atoms with van der Waals surface area (Å²) in [6.07, 6.45) is 0. The van der Waals surface area contributed by atoms with E-state index in [0.717, 1.165) is 33.1 Å². The Hall–Kier alpha value is -6.64. The van der Waals surface area contributed by atoms with Gasteiger partial charge in [0.2, 0.25) is 0 Å². The molecule has 8 aromatic carbocycles. The first kappa shape index (κ1) is 30.2. The largest absolute Gasteiger partial charge is 0.456 e. The lowest BCUT2D eigenvalue weighted by atomic mass is 9.92. The summed E-state index contributed by atoms with van der Waals surface area (Å²) in [4.78, 5) is 0. The van der Waals surface area contributed by atoms with Crippen LogP contribution in [-0.2, 0) is 0 Å². The molecule has 2 heteroatoms. The van der Waals surface area contributed by atoms with Gasteiger partial charge in [-0.2, -0.15) is 0 Å². The zero-order valence-electron chi connectivity index (χ0n) is 29.1. The summed E-state index contributed by atoms with van der Waals surface area (Å²) >= 11 is 0. The molecule has 0 radical (unpaired) electrons. The van der Waals surface area contributed by atoms with Crippen molar-refractivity contribution in [1.29, 1.82) is 0 Å². The lowest BCUT2D eigenvalue weighted by molar-refractivity contribution is 0.669. The average Bonchev–Trinajstić information content (AvgIpc) is 3.73. The molecule has 2 nitrogen and oxygen atoms in total. The van der Waals surface area contributed by atoms with Gasteiger partial charge in [0.25, 0.3) is 0 Å². The molecule has 0 fully saturated rings. The van der Waals surface area contributed by atoms with Gasteiger partial charge in [-0.25, -0.2) is 0 Å². The van der Waals surface area contributed by atoms with Crippen molar-refractivity contribution >= 4 is 43.7 Å². The SMILES string of the molecule is Cc1ccccc1-c1cc(-c2ccc3oc4cc(-c5cccc(-c6ccc7c(c6)c6ccccc6n7-c6ccccc6)c5)ccc4c3c2)ccc1C. The van der Waals surface area contributed by atoms with E-state index in [9.17, 15) is 0 Å². The number of benzene rings is 8. The van der Waals surface area contributed by atoms with E-state index in [1.165, 1.54) is 72.0 Å². The fourth-order valence-electron chi connectivity index (χ4n) is 7.99. The normalized spacial score (nSPS) is 11.7. The van der Waals surface area contributed by atoms with Gasteiger partial charge in [-0.3, -0.25) is 0 Å². The number of para-hydroxylation sites is 2. The second-order valence-corrected chi connectivity index (χ2v) is 13.9. The Labute approximate surface area is 302 Å². The van der Waals surface area contributed by atoms with Gasteiger partial charge in [0.05, 0.1) is 11.0 Å². The first-order chi connectivity index (χ1) is 25.6. The summed E-state index contributed by atoms with van der Waals surface area (Å²) < 4.78 is 8.83. The standard InChI is InChI=1S/C50H35NO/c1-32-11-6-7-16-41(32)44-28-36(20-19-33(44)2)38-23-26-49-46(30-38)43-24-21-39(31-50(43)52-49)35-13-10-12-34(27-35)37-22-25-48-45(29-37)42-17-8-9-18-47(42)51(48)40-14-4-3-5-15-40/h3-31H,1-2H3. The van der Waals surface area contributed by atoms with Gasteiger partial charge in [0.1, 0.15) is 11.2 Å². The third kappa shape index (κ3) is 4.95. The van der Waals surface area contributed by atoms with Gasteiger partial charge in [-0.15, -0.1) is 0 Å². The van der Waals surface area contributed by atoms with Crippen LogP contribution in [0.15, 0.2) is 180 Å². The summed E-state index contributed by atoms with van der Waals surface area (Å²) in [5, 5.41) is 4.77. The predicted octanol–water partition coefficient (Wildman–Crippen LogP) is 14.0. The molecule has 0 aliphatic carbocycles. The molecule has 0 bridgehead atoms. The number of aromatic nitrogens is 1. The lowest BCUT2D eigenvalue weighted by Gasteiger charge is -2.12. The van der Waals surface area contributed by atoms with Gasteiger partial charge in [-0.05, 0) is 136 Å². The minimum atomic E-state index is 0.898. The highest BCUT2D eigenvalue weighted by atomic mass is 16.3. The highest BCUT2D eigenvalue weighted by Gasteiger charge is 2.15. The first-order valence-corrected chi connectivity index (χ1v) is 17.9. The number of hydrogen-bond acceptors (Lipinski definition) is 1. The number of hydrogen-bond donors (Lipinski definition) is 0. The molecule has 0 spiro atoms. The Morgan fingerprint density at radius 2 is 0.962 bits per heavy atom. The van der Waals surface area contributed by atoms with E-state index >= 15 is 0 Å². The molecule has 246 valence electrons. The van der Waals surface area contributed by atoms with Crippen molar-refractivity contribution in [2.24, 2.45) is 0 Å². The van der Waals surface area contributed by atoms with Crippen molar-refractivity contribution < 1.29 is 4.42 Å². The molecule has 10 rings (SSSR count). The van der Waals surface area contributed by atoms with Crippen molar-refractivity contribution in [3.8, 4) is 50.2 Å². The van der Waals surface area contributed by atoms with Crippen LogP contribution >= 0.6 is 0 Å². The van der Waals surface area contributed by atoms with Crippen LogP contribution in [0.1, 0.15) is 11.1 Å². The molecule has 10 aromatic rings. The quantitative estimate of drug-likeness (QED) is 0.179. The maximum atomic E-state index is 6.47. The minimum absolute atomic E-state index is 0.898. The molecular weight excluding hydrogens is 631 g/mol. The highest BCUT2D eigenvalue weighted by Crippen LogP contribution is 2.39. The van der Waals surface area contributed by atoms with Crippen molar-refractivity contribution in [3.63, 3.8) is 0 Å². The fourth-order valence-corrected chi connectivity index (χ4v) is 7.99. The van der Waals surface area contributed by atoms with E-state index in [4.69, 9.17) is 4.42 Å². The van der Waals surface area contributed by atoms with Crippen molar-refractivity contribution in [2.75, 3.05) is 0 Å². The molecule has 0 atom stereocenters. The Morgan fingerprint density at radius 1 is 0.346 bits per heavy atom. The van der Waals surface area contributed by atoms with Crippen LogP contribution in [0.5, 0.6) is 0 Å². The first-order valence-electron chi connectivity index (χ1n) is 17.9. The summed E-state index contributed by atoms with van der Waals surface area (Å²) in [6.45, 7) is 4.37. The van der Waals surface area contributed by atoms with Crippen LogP contribution in [0.3, 0.4) is 0 Å². The Bertz CT molecular complexity index is 2980. The Balaban J connectivity index is 1.01. The maximum absolute atomic E-state index is 6.47. The van der Waals surface area contributed by atoms with E-state index in [0.29, 0.717) is 0 Å². The van der Waals surface area contributed by atoms with E-state index in [-0.39, 0.29) is 0 Å². The topological polar surface area (TPSA) is 18.1 Å². The molecule has 0 aliphatic heterocycles. The number of furan rings is 1. The monoisotopic (exact) mass is 665 g/mol. The molecule has 0 N–H and O–H groups in total. The summed E-state index contributed by atoms with van der Waals surface area (Å²) in [6, 6.07) is 63.6. The molecule has 0 aliphatic rings. The van der Waals surface area contributed by atoms with E-state index in [1.54, 1.807) is 0 Å². The van der Waals surface area contributed by atoms with Gasteiger partial charge >= 0.3 is 0 Å². The predicted molar refractivity (Wildman–Crippen MR) is 219 cm³/mol. The van der Waals surface area contributed by atoms with Crippen LogP contribution in [-0.4, -0.2) is 4.57 Å². The molecule has 0 unspecified atom stereocenters. The zero-order valence-corrected chi connectivity index (χ0v) is 29.1. The van der Waals surface area contributed by atoms with Crippen LogP contribution < -0.4 is 0 Å². The van der Waals surface area contributed by atoms with E-state index in [2.05, 4.69) is 194 Å². The van der Waals surface area contributed by atoms with E-state index < -0.39 is 0 Å². The fraction of sp³-hybridized carbons (Fsp3) is 0.0400. The van der Waals surface area contributed by atoms with Gasteiger partial charge in [0, 0.05) is 27.2 Å². The van der Waals surface area contributed by atoms with Crippen LogP contribution in [0.4, 0.5) is 0 Å². The Morgan fingerprint density at radius 3 is 1.81 bits per heavy atom. The van der Waals surface area contributed by atoms with Crippen molar-refractivity contribution in [2.45, 2.75) is 13.8 Å². The number of rotatable bonds is 5. The van der Waals surface area contributed by atoms with Crippen LogP contribution in [0.2, 0.25) is 0 Å². The summed E-state index contributed by atoms with van der Waals surface area (Å²) in [5.41, 5.74) is 17.6. The number of fused-ring (bicyclic) bond motifs is 6. The smallest absolute Gasteiger partial charge is 0.136 e. The Kier molecular flexibility index (Phi) is 6.97. The molecule has 2 heterocycles. The minimum Gasteiger partial charge on any atom is -0.456 e. The van der Waals surface area contributed by atoms with Crippen molar-refractivity contribution in [3.05, 3.63) is 187 Å². The van der Waals surface area contributed by atoms with Gasteiger partial charge in [0.15, 0.2) is 0 Å². The maximum Gasteiger partial charge on any atom is 0.136 e. The third-order valence-corrected chi connectivity index (χ3v) is 10.7. The van der Waals surface area contributed by atoms with Crippen LogP contribution in [0, 0.1) is 13.8 Å².